The Bertz CT molecular complexity index is 5420. The van der Waals surface area contributed by atoms with Crippen molar-refractivity contribution in [2.75, 3.05) is 9.80 Å². The number of para-hydroxylation sites is 2. The van der Waals surface area contributed by atoms with Crippen LogP contribution in [-0.2, 0) is 5.41 Å². The molecule has 0 bridgehead atoms. The van der Waals surface area contributed by atoms with Crippen LogP contribution in [0, 0.1) is 17.9 Å². The third-order valence-electron chi connectivity index (χ3n) is 18.4. The minimum absolute atomic E-state index is 0.208. The molecule has 15 aromatic rings. The summed E-state index contributed by atoms with van der Waals surface area (Å²) in [6, 6.07) is 101. The minimum Gasteiger partial charge on any atom is -0.313 e. The maximum atomic E-state index is 10.5. The minimum atomic E-state index is -0.224. The van der Waals surface area contributed by atoms with Crippen LogP contribution in [-0.4, -0.2) is 41.2 Å². The van der Waals surface area contributed by atoms with E-state index in [9.17, 15) is 5.26 Å². The summed E-state index contributed by atoms with van der Waals surface area (Å²) in [5.74, 6) is 3.14. The quantitative estimate of drug-likeness (QED) is 0.0974. The Morgan fingerprint density at radius 2 is 0.844 bits per heavy atom. The van der Waals surface area contributed by atoms with E-state index in [0.717, 1.165) is 123 Å². The lowest BCUT2D eigenvalue weighted by molar-refractivity contribution is 0.591. The van der Waals surface area contributed by atoms with E-state index in [-0.39, 0.29) is 12.1 Å². The summed E-state index contributed by atoms with van der Waals surface area (Å²) < 4.78 is 2.38. The number of nitrogens with zero attached hydrogens (tertiary/aromatic N) is 11. The van der Waals surface area contributed by atoms with Gasteiger partial charge in [-0.3, -0.25) is 0 Å². The fourth-order valence-electron chi connectivity index (χ4n) is 13.8. The van der Waals surface area contributed by atoms with Crippen molar-refractivity contribution < 1.29 is 0 Å². The summed E-state index contributed by atoms with van der Waals surface area (Å²) in [5.41, 5.74) is 20.9. The summed E-state index contributed by atoms with van der Waals surface area (Å²) in [6.07, 6.45) is 0. The van der Waals surface area contributed by atoms with Crippen molar-refractivity contribution in [3.05, 3.63) is 308 Å². The van der Waals surface area contributed by atoms with Gasteiger partial charge in [-0.25, -0.2) is 34.7 Å². The van der Waals surface area contributed by atoms with Gasteiger partial charge in [-0.1, -0.05) is 215 Å². The maximum absolute atomic E-state index is 10.5. The smallest absolute Gasteiger partial charge is 0.251 e. The van der Waals surface area contributed by atoms with Crippen LogP contribution in [0.3, 0.4) is 0 Å². The Morgan fingerprint density at radius 3 is 1.34 bits per heavy atom. The van der Waals surface area contributed by atoms with Gasteiger partial charge in [0.05, 0.1) is 34.9 Å². The van der Waals surface area contributed by atoms with Crippen molar-refractivity contribution in [1.82, 2.24) is 34.5 Å². The highest BCUT2D eigenvalue weighted by Crippen LogP contribution is 2.48. The molecular formula is C84H56BN11. The number of hydrogen-bond donors (Lipinski definition) is 0. The number of aromatic nitrogens is 7. The van der Waals surface area contributed by atoms with Gasteiger partial charge in [0.2, 0.25) is 0 Å². The molecule has 0 saturated carbocycles. The molecule has 11 nitrogen and oxygen atoms in total. The second-order valence-corrected chi connectivity index (χ2v) is 25.3. The standard InChI is InChI=1S/C84H56BN11/c1-84(2,3)61-38-40-65-66-46-58(60-48-75-77-76(49-60)95(64-33-21-10-22-34-64)74-51-62(87-4)39-42-69(74)85(77)68-41-35-53(52-86)45-73(68)94(75)63-31-19-9-20-32-63)36-43-70(66)96(72(65)50-61)71-44-37-59(82-90-78(54-23-11-5-12-24-54)88-79(91-82)55-25-13-6-14-26-55)47-67(71)83-92-80(56-27-15-7-16-28-56)89-81(93-83)57-29-17-8-18-30-57/h5-51H,1-3H3. The van der Waals surface area contributed by atoms with Crippen LogP contribution >= 0.6 is 0 Å². The number of fused-ring (bicyclic) bond motifs is 7. The van der Waals surface area contributed by atoms with Crippen molar-refractivity contribution in [2.45, 2.75) is 26.2 Å². The molecule has 450 valence electrons. The predicted molar refractivity (Wildman–Crippen MR) is 389 cm³/mol. The van der Waals surface area contributed by atoms with E-state index in [1.165, 1.54) is 5.56 Å². The summed E-state index contributed by atoms with van der Waals surface area (Å²) in [7, 11) is 0. The molecular weight excluding hydrogens is 1170 g/mol. The van der Waals surface area contributed by atoms with Gasteiger partial charge in [0, 0.05) is 78.3 Å². The van der Waals surface area contributed by atoms with Crippen LogP contribution in [0.25, 0.3) is 112 Å². The van der Waals surface area contributed by atoms with Crippen molar-refractivity contribution >= 4 is 84.7 Å². The Hall–Kier alpha value is -12.9. The number of anilines is 6. The molecule has 0 atom stereocenters. The summed E-state index contributed by atoms with van der Waals surface area (Å²) in [5, 5.41) is 12.6. The first-order valence-corrected chi connectivity index (χ1v) is 32.0. The third-order valence-corrected chi connectivity index (χ3v) is 18.4. The average molecular weight is 1230 g/mol. The van der Waals surface area contributed by atoms with Gasteiger partial charge in [0.15, 0.2) is 40.6 Å². The SMILES string of the molecule is [C-]#[N+]c1ccc2c(c1)N(c1ccccc1)c1cc(-c3ccc4c(c3)c3ccc(C(C)(C)C)cc3n4-c3ccc(-c4nc(-c5ccccc5)nc(-c5ccccc5)n4)cc3-c3nc(-c4ccccc4)nc(-c4ccccc4)n3)cc3c1B2c1ccc(C#N)cc1N3c1ccccc1. The molecule has 0 amide bonds. The van der Waals surface area contributed by atoms with Crippen molar-refractivity contribution in [3.8, 4) is 91.2 Å². The van der Waals surface area contributed by atoms with E-state index in [1.54, 1.807) is 0 Å². The first kappa shape index (κ1) is 57.0. The van der Waals surface area contributed by atoms with Crippen molar-refractivity contribution in [1.29, 1.82) is 5.26 Å². The van der Waals surface area contributed by atoms with Gasteiger partial charge < -0.3 is 14.4 Å². The molecule has 0 radical (unpaired) electrons. The zero-order valence-corrected chi connectivity index (χ0v) is 52.6. The Balaban J connectivity index is 0.934. The van der Waals surface area contributed by atoms with E-state index in [2.05, 4.69) is 173 Å². The Morgan fingerprint density at radius 1 is 0.375 bits per heavy atom. The van der Waals surface area contributed by atoms with Gasteiger partial charge in [-0.15, -0.1) is 0 Å². The van der Waals surface area contributed by atoms with Gasteiger partial charge in [0.25, 0.3) is 6.71 Å². The molecule has 0 saturated heterocycles. The van der Waals surface area contributed by atoms with Crippen molar-refractivity contribution in [2.24, 2.45) is 0 Å². The highest BCUT2D eigenvalue weighted by molar-refractivity contribution is 7.00. The van der Waals surface area contributed by atoms with E-state index < -0.39 is 0 Å². The van der Waals surface area contributed by atoms with E-state index in [0.29, 0.717) is 46.2 Å². The highest BCUT2D eigenvalue weighted by Gasteiger charge is 2.44. The average Bonchev–Trinajstić information content (AvgIpc) is 0.713. The molecule has 12 aromatic carbocycles. The molecule has 12 heteroatoms. The fourth-order valence-corrected chi connectivity index (χ4v) is 13.8. The fraction of sp³-hybridized carbons (Fsp3) is 0.0476. The monoisotopic (exact) mass is 1230 g/mol. The van der Waals surface area contributed by atoms with Gasteiger partial charge in [0.1, 0.15) is 0 Å². The lowest BCUT2D eigenvalue weighted by atomic mass is 9.33. The molecule has 96 heavy (non-hydrogen) atoms. The molecule has 0 aliphatic carbocycles. The van der Waals surface area contributed by atoms with Crippen LogP contribution in [0.1, 0.15) is 31.9 Å². The lowest BCUT2D eigenvalue weighted by Crippen LogP contribution is -2.61. The largest absolute Gasteiger partial charge is 0.313 e. The second-order valence-electron chi connectivity index (χ2n) is 25.3. The summed E-state index contributed by atoms with van der Waals surface area (Å²) >= 11 is 0. The molecule has 2 aliphatic heterocycles. The number of hydrogen-bond acceptors (Lipinski definition) is 9. The Labute approximate surface area is 556 Å². The van der Waals surface area contributed by atoms with Gasteiger partial charge in [-0.2, -0.15) is 5.26 Å². The lowest BCUT2D eigenvalue weighted by Gasteiger charge is -2.44. The molecule has 2 aliphatic rings. The predicted octanol–water partition coefficient (Wildman–Crippen LogP) is 18.6. The normalized spacial score (nSPS) is 12.2. The van der Waals surface area contributed by atoms with E-state index in [1.807, 2.05) is 158 Å². The number of nitriles is 1. The first-order valence-electron chi connectivity index (χ1n) is 32.0. The number of rotatable bonds is 10. The van der Waals surface area contributed by atoms with Crippen LogP contribution < -0.4 is 26.2 Å². The second kappa shape index (κ2) is 23.0. The van der Waals surface area contributed by atoms with Crippen LogP contribution in [0.4, 0.5) is 39.8 Å². The molecule has 3 aromatic heterocycles. The third kappa shape index (κ3) is 9.83. The zero-order valence-electron chi connectivity index (χ0n) is 52.6. The molecule has 5 heterocycles. The molecule has 17 rings (SSSR count). The maximum Gasteiger partial charge on any atom is 0.251 e. The first-order chi connectivity index (χ1) is 47.1. The van der Waals surface area contributed by atoms with Crippen molar-refractivity contribution in [3.63, 3.8) is 0 Å². The van der Waals surface area contributed by atoms with Gasteiger partial charge in [-0.05, 0) is 129 Å². The van der Waals surface area contributed by atoms with Crippen LogP contribution in [0.5, 0.6) is 0 Å². The zero-order chi connectivity index (χ0) is 64.6. The van der Waals surface area contributed by atoms with Crippen LogP contribution in [0.15, 0.2) is 285 Å². The molecule has 0 N–H and O–H groups in total. The Kier molecular flexibility index (Phi) is 13.7. The van der Waals surface area contributed by atoms with Gasteiger partial charge >= 0.3 is 0 Å². The topological polar surface area (TPSA) is 117 Å². The number of benzene rings is 12. The van der Waals surface area contributed by atoms with E-state index >= 15 is 0 Å². The van der Waals surface area contributed by atoms with E-state index in [4.69, 9.17) is 36.5 Å². The van der Waals surface area contributed by atoms with Crippen LogP contribution in [0.2, 0.25) is 0 Å². The summed E-state index contributed by atoms with van der Waals surface area (Å²) in [4.78, 5) is 40.3. The molecule has 0 fully saturated rings. The molecule has 0 unspecified atom stereocenters. The highest BCUT2D eigenvalue weighted by atomic mass is 15.2. The molecule has 0 spiro atoms. The summed E-state index contributed by atoms with van der Waals surface area (Å²) in [6.45, 7) is 14.8.